The fourth-order valence-corrected chi connectivity index (χ4v) is 3.91. The minimum atomic E-state index is -0.223. The quantitative estimate of drug-likeness (QED) is 0.318. The number of nitrogens with zero attached hydrogens (tertiary/aromatic N) is 1. The molecule has 0 aliphatic carbocycles. The molecule has 0 spiro atoms. The van der Waals surface area contributed by atoms with Crippen molar-refractivity contribution in [3.05, 3.63) is 120 Å². The Morgan fingerprint density at radius 3 is 2.09 bits per heavy atom. The van der Waals surface area contributed by atoms with Crippen LogP contribution in [0.2, 0.25) is 5.02 Å². The minimum absolute atomic E-state index is 0.223. The van der Waals surface area contributed by atoms with Crippen LogP contribution in [0.4, 0.5) is 5.69 Å². The Morgan fingerprint density at radius 2 is 1.31 bits per heavy atom. The van der Waals surface area contributed by atoms with Gasteiger partial charge in [-0.25, -0.2) is 4.98 Å². The molecule has 0 bridgehead atoms. The van der Waals surface area contributed by atoms with Crippen molar-refractivity contribution in [1.82, 2.24) is 4.98 Å². The van der Waals surface area contributed by atoms with Crippen LogP contribution in [0.3, 0.4) is 0 Å². The van der Waals surface area contributed by atoms with Gasteiger partial charge in [0.05, 0.1) is 27.5 Å². The van der Waals surface area contributed by atoms with Crippen LogP contribution in [-0.2, 0) is 0 Å². The number of rotatable bonds is 4. The van der Waals surface area contributed by atoms with Gasteiger partial charge in [-0.05, 0) is 35.4 Å². The van der Waals surface area contributed by atoms with Crippen LogP contribution < -0.4 is 5.32 Å². The van der Waals surface area contributed by atoms with Gasteiger partial charge in [-0.3, -0.25) is 4.79 Å². The van der Waals surface area contributed by atoms with E-state index in [1.807, 2.05) is 72.8 Å². The second-order valence-electron chi connectivity index (χ2n) is 7.45. The number of carbonyl (C=O) groups excluding carboxylic acids is 1. The number of hydrogen-bond acceptors (Lipinski definition) is 2. The topological polar surface area (TPSA) is 42.0 Å². The van der Waals surface area contributed by atoms with Gasteiger partial charge in [0.15, 0.2) is 0 Å². The average Bonchev–Trinajstić information content (AvgIpc) is 2.85. The first kappa shape index (κ1) is 20.0. The van der Waals surface area contributed by atoms with Gasteiger partial charge in [0.1, 0.15) is 0 Å². The molecule has 4 aromatic carbocycles. The zero-order valence-electron chi connectivity index (χ0n) is 17.1. The maximum Gasteiger partial charge on any atom is 0.256 e. The molecule has 1 amide bonds. The SMILES string of the molecule is O=C(Nc1ccccc1Cl)c1cc(-c2ccc(-c3ccccc3)cc2)nc2ccccc12. The number of amides is 1. The summed E-state index contributed by atoms with van der Waals surface area (Å²) in [6.45, 7) is 0. The van der Waals surface area contributed by atoms with Gasteiger partial charge >= 0.3 is 0 Å². The van der Waals surface area contributed by atoms with Crippen molar-refractivity contribution in [2.45, 2.75) is 0 Å². The van der Waals surface area contributed by atoms with E-state index in [-0.39, 0.29) is 5.91 Å². The standard InChI is InChI=1S/C28H19ClN2O/c29-24-11-5-7-13-26(24)31-28(32)23-18-27(30-25-12-6-4-10-22(23)25)21-16-14-20(15-17-21)19-8-2-1-3-9-19/h1-18H,(H,31,32). The predicted octanol–water partition coefficient (Wildman–Crippen LogP) is 7.47. The number of nitrogens with one attached hydrogen (secondary N) is 1. The zero-order valence-corrected chi connectivity index (χ0v) is 17.9. The average molecular weight is 435 g/mol. The molecule has 1 aromatic heterocycles. The highest BCUT2D eigenvalue weighted by Crippen LogP contribution is 2.29. The molecule has 0 saturated heterocycles. The third kappa shape index (κ3) is 3.98. The molecule has 0 aliphatic rings. The van der Waals surface area contributed by atoms with Crippen molar-refractivity contribution >= 4 is 34.1 Å². The fraction of sp³-hybridized carbons (Fsp3) is 0. The molecule has 154 valence electrons. The Labute approximate surface area is 191 Å². The largest absolute Gasteiger partial charge is 0.321 e. The summed E-state index contributed by atoms with van der Waals surface area (Å²) in [6.07, 6.45) is 0. The van der Waals surface area contributed by atoms with Crippen molar-refractivity contribution in [2.24, 2.45) is 0 Å². The number of carbonyl (C=O) groups is 1. The highest BCUT2D eigenvalue weighted by atomic mass is 35.5. The fourth-order valence-electron chi connectivity index (χ4n) is 3.73. The number of aromatic nitrogens is 1. The number of halogens is 1. The number of para-hydroxylation sites is 2. The molecule has 1 N–H and O–H groups in total. The molecular formula is C28H19ClN2O. The number of fused-ring (bicyclic) bond motifs is 1. The van der Waals surface area contributed by atoms with Gasteiger partial charge in [-0.1, -0.05) is 96.5 Å². The van der Waals surface area contributed by atoms with Crippen LogP contribution in [0.1, 0.15) is 10.4 Å². The summed E-state index contributed by atoms with van der Waals surface area (Å²) in [6, 6.07) is 35.2. The van der Waals surface area contributed by atoms with E-state index >= 15 is 0 Å². The smallest absolute Gasteiger partial charge is 0.256 e. The summed E-state index contributed by atoms with van der Waals surface area (Å²) in [7, 11) is 0. The molecule has 0 radical (unpaired) electrons. The number of hydrogen-bond donors (Lipinski definition) is 1. The molecule has 5 aromatic rings. The monoisotopic (exact) mass is 434 g/mol. The Hall–Kier alpha value is -3.95. The van der Waals surface area contributed by atoms with Gasteiger partial charge < -0.3 is 5.32 Å². The Kier molecular flexibility index (Phi) is 5.40. The van der Waals surface area contributed by atoms with Crippen LogP contribution in [0.5, 0.6) is 0 Å². The summed E-state index contributed by atoms with van der Waals surface area (Å²) in [5, 5.41) is 4.22. The summed E-state index contributed by atoms with van der Waals surface area (Å²) in [4.78, 5) is 18.0. The molecule has 0 aliphatic heterocycles. The Morgan fingerprint density at radius 1 is 0.688 bits per heavy atom. The lowest BCUT2D eigenvalue weighted by Crippen LogP contribution is -2.13. The lowest BCUT2D eigenvalue weighted by molar-refractivity contribution is 0.102. The molecule has 0 unspecified atom stereocenters. The van der Waals surface area contributed by atoms with E-state index in [4.69, 9.17) is 16.6 Å². The maximum atomic E-state index is 13.2. The third-order valence-corrected chi connectivity index (χ3v) is 5.70. The first-order valence-electron chi connectivity index (χ1n) is 10.3. The molecule has 1 heterocycles. The molecule has 32 heavy (non-hydrogen) atoms. The third-order valence-electron chi connectivity index (χ3n) is 5.37. The summed E-state index contributed by atoms with van der Waals surface area (Å²) < 4.78 is 0. The van der Waals surface area contributed by atoms with Crippen molar-refractivity contribution in [2.75, 3.05) is 5.32 Å². The first-order chi connectivity index (χ1) is 15.7. The second-order valence-corrected chi connectivity index (χ2v) is 7.86. The lowest BCUT2D eigenvalue weighted by atomic mass is 10.0. The zero-order chi connectivity index (χ0) is 21.9. The molecular weight excluding hydrogens is 416 g/mol. The van der Waals surface area contributed by atoms with Crippen molar-refractivity contribution < 1.29 is 4.79 Å². The van der Waals surface area contributed by atoms with E-state index in [0.717, 1.165) is 33.3 Å². The van der Waals surface area contributed by atoms with Gasteiger partial charge in [0.25, 0.3) is 5.91 Å². The van der Waals surface area contributed by atoms with Crippen LogP contribution in [0, 0.1) is 0 Å². The number of anilines is 1. The van der Waals surface area contributed by atoms with E-state index < -0.39 is 0 Å². The predicted molar refractivity (Wildman–Crippen MR) is 132 cm³/mol. The van der Waals surface area contributed by atoms with Gasteiger partial charge in [0, 0.05) is 10.9 Å². The highest BCUT2D eigenvalue weighted by Gasteiger charge is 2.15. The molecule has 0 atom stereocenters. The Bertz CT molecular complexity index is 1410. The van der Waals surface area contributed by atoms with E-state index in [2.05, 4.69) is 29.6 Å². The van der Waals surface area contributed by atoms with Gasteiger partial charge in [0.2, 0.25) is 0 Å². The van der Waals surface area contributed by atoms with Gasteiger partial charge in [-0.15, -0.1) is 0 Å². The molecule has 3 nitrogen and oxygen atoms in total. The first-order valence-corrected chi connectivity index (χ1v) is 10.7. The van der Waals surface area contributed by atoms with Crippen LogP contribution in [0.25, 0.3) is 33.3 Å². The molecule has 5 rings (SSSR count). The lowest BCUT2D eigenvalue weighted by Gasteiger charge is -2.12. The van der Waals surface area contributed by atoms with Crippen molar-refractivity contribution in [3.8, 4) is 22.4 Å². The van der Waals surface area contributed by atoms with Crippen LogP contribution >= 0.6 is 11.6 Å². The summed E-state index contributed by atoms with van der Waals surface area (Å²) >= 11 is 6.24. The molecule has 0 fully saturated rings. The molecule has 4 heteroatoms. The van der Waals surface area contributed by atoms with Crippen molar-refractivity contribution in [1.29, 1.82) is 0 Å². The highest BCUT2D eigenvalue weighted by molar-refractivity contribution is 6.34. The summed E-state index contributed by atoms with van der Waals surface area (Å²) in [5.74, 6) is -0.223. The maximum absolute atomic E-state index is 13.2. The second kappa shape index (κ2) is 8.66. The van der Waals surface area contributed by atoms with Crippen LogP contribution in [-0.4, -0.2) is 10.9 Å². The Balaban J connectivity index is 1.55. The number of pyridine rings is 1. The van der Waals surface area contributed by atoms with E-state index in [0.29, 0.717) is 16.3 Å². The normalized spacial score (nSPS) is 10.8. The van der Waals surface area contributed by atoms with E-state index in [1.54, 1.807) is 12.1 Å². The molecule has 0 saturated carbocycles. The van der Waals surface area contributed by atoms with E-state index in [1.165, 1.54) is 0 Å². The van der Waals surface area contributed by atoms with Crippen LogP contribution in [0.15, 0.2) is 109 Å². The van der Waals surface area contributed by atoms with E-state index in [9.17, 15) is 4.79 Å². The summed E-state index contributed by atoms with van der Waals surface area (Å²) in [5.41, 5.74) is 5.87. The minimum Gasteiger partial charge on any atom is -0.321 e. The number of benzene rings is 4. The van der Waals surface area contributed by atoms with Gasteiger partial charge in [-0.2, -0.15) is 0 Å². The van der Waals surface area contributed by atoms with Crippen molar-refractivity contribution in [3.63, 3.8) is 0 Å².